The molecule has 0 aromatic heterocycles. The molecule has 0 aliphatic carbocycles. The lowest BCUT2D eigenvalue weighted by Gasteiger charge is -2.34. The first-order chi connectivity index (χ1) is 9.71. The zero-order chi connectivity index (χ0) is 14.8. The van der Waals surface area contributed by atoms with Crippen LogP contribution >= 0.6 is 24.0 Å². The van der Waals surface area contributed by atoms with E-state index in [-0.39, 0.29) is 29.9 Å². The Morgan fingerprint density at radius 2 is 1.95 bits per heavy atom. The number of carbonyl (C=O) groups excluding carboxylic acids is 1. The van der Waals surface area contributed by atoms with Crippen molar-refractivity contribution < 1.29 is 4.79 Å². The molecule has 1 rings (SSSR count). The number of rotatable bonds is 6. The van der Waals surface area contributed by atoms with Crippen LogP contribution in [0.3, 0.4) is 0 Å². The number of hydrogen-bond donors (Lipinski definition) is 2. The molecule has 2 N–H and O–H groups in total. The normalized spacial score (nSPS) is 16.3. The molecule has 1 aliphatic heterocycles. The predicted octanol–water partition coefficient (Wildman–Crippen LogP) is 2.22. The third-order valence-corrected chi connectivity index (χ3v) is 3.78. The van der Waals surface area contributed by atoms with Gasteiger partial charge in [-0.1, -0.05) is 13.3 Å². The van der Waals surface area contributed by atoms with Gasteiger partial charge in [-0.05, 0) is 32.1 Å². The number of guanidine groups is 1. The zero-order valence-electron chi connectivity index (χ0n) is 13.7. The van der Waals surface area contributed by atoms with Crippen LogP contribution in [-0.4, -0.2) is 50.0 Å². The van der Waals surface area contributed by atoms with Crippen LogP contribution in [0, 0.1) is 5.92 Å². The van der Waals surface area contributed by atoms with Gasteiger partial charge in [-0.2, -0.15) is 0 Å². The van der Waals surface area contributed by atoms with E-state index in [0.717, 1.165) is 51.4 Å². The number of carbonyl (C=O) groups is 1. The molecule has 0 spiro atoms. The average Bonchev–Trinajstić information content (AvgIpc) is 2.47. The van der Waals surface area contributed by atoms with Crippen molar-refractivity contribution in [3.8, 4) is 0 Å². The minimum absolute atomic E-state index is 0. The first-order valence-electron chi connectivity index (χ1n) is 7.95. The summed E-state index contributed by atoms with van der Waals surface area (Å²) in [5.74, 6) is 1.72. The van der Waals surface area contributed by atoms with Gasteiger partial charge in [0.15, 0.2) is 5.96 Å². The predicted molar refractivity (Wildman–Crippen MR) is 99.3 cm³/mol. The van der Waals surface area contributed by atoms with E-state index in [4.69, 9.17) is 0 Å². The lowest BCUT2D eigenvalue weighted by Crippen LogP contribution is -2.46. The summed E-state index contributed by atoms with van der Waals surface area (Å²) in [5, 5.41) is 6.09. The van der Waals surface area contributed by atoms with Crippen LogP contribution < -0.4 is 10.6 Å². The van der Waals surface area contributed by atoms with Crippen molar-refractivity contribution >= 4 is 35.8 Å². The molecule has 0 bridgehead atoms. The number of nitrogens with one attached hydrogen (secondary N) is 2. The minimum Gasteiger partial charge on any atom is -0.359 e. The molecule has 0 unspecified atom stereocenters. The summed E-state index contributed by atoms with van der Waals surface area (Å²) in [4.78, 5) is 18.4. The van der Waals surface area contributed by atoms with Crippen LogP contribution in [0.25, 0.3) is 0 Å². The molecule has 1 fully saturated rings. The Labute approximate surface area is 146 Å². The first-order valence-corrected chi connectivity index (χ1v) is 7.95. The number of halogens is 1. The van der Waals surface area contributed by atoms with Crippen molar-refractivity contribution in [2.24, 2.45) is 10.9 Å². The van der Waals surface area contributed by atoms with Gasteiger partial charge in [0.25, 0.3) is 0 Å². The summed E-state index contributed by atoms with van der Waals surface area (Å²) < 4.78 is 0. The summed E-state index contributed by atoms with van der Waals surface area (Å²) in [5.41, 5.74) is 0. The van der Waals surface area contributed by atoms with Gasteiger partial charge in [-0.25, -0.2) is 0 Å². The fraction of sp³-hybridized carbons (Fsp3) is 0.867. The summed E-state index contributed by atoms with van der Waals surface area (Å²) >= 11 is 0. The number of likely N-dealkylation sites (tertiary alicyclic amines) is 1. The summed E-state index contributed by atoms with van der Waals surface area (Å²) in [6.45, 7) is 8.10. The maximum absolute atomic E-state index is 11.4. The highest BCUT2D eigenvalue weighted by Crippen LogP contribution is 2.20. The fourth-order valence-corrected chi connectivity index (χ4v) is 2.48. The van der Waals surface area contributed by atoms with E-state index < -0.39 is 0 Å². The van der Waals surface area contributed by atoms with E-state index in [1.54, 1.807) is 7.05 Å². The van der Waals surface area contributed by atoms with E-state index in [2.05, 4.69) is 34.4 Å². The molecule has 21 heavy (non-hydrogen) atoms. The standard InChI is InChI=1S/C15H30N4O.HI/c1-4-6-9-18-15(17-5-2)19-10-7-13(8-11-19)12-14(20)16-3;/h13H,4-12H2,1-3H3,(H,16,20)(H,17,18);1H. The molecule has 6 heteroatoms. The SMILES string of the molecule is CCCCN=C(NCC)N1CCC(CC(=O)NC)CC1.I. The van der Waals surface area contributed by atoms with Gasteiger partial charge < -0.3 is 15.5 Å². The molecule has 5 nitrogen and oxygen atoms in total. The molecule has 0 aromatic rings. The van der Waals surface area contributed by atoms with Gasteiger partial charge in [0.2, 0.25) is 5.91 Å². The third-order valence-electron chi connectivity index (χ3n) is 3.78. The number of nitrogens with zero attached hydrogens (tertiary/aromatic N) is 2. The molecule has 0 saturated carbocycles. The smallest absolute Gasteiger partial charge is 0.220 e. The van der Waals surface area contributed by atoms with Crippen molar-refractivity contribution in [2.45, 2.75) is 46.0 Å². The molecule has 0 atom stereocenters. The molecule has 0 radical (unpaired) electrons. The zero-order valence-corrected chi connectivity index (χ0v) is 16.0. The Balaban J connectivity index is 0.00000400. The molecule has 1 amide bonds. The van der Waals surface area contributed by atoms with Crippen LogP contribution in [0.15, 0.2) is 4.99 Å². The summed E-state index contributed by atoms with van der Waals surface area (Å²) in [6.07, 6.45) is 5.13. The summed E-state index contributed by atoms with van der Waals surface area (Å²) in [6, 6.07) is 0. The van der Waals surface area contributed by atoms with Crippen LogP contribution in [0.5, 0.6) is 0 Å². The number of unbranched alkanes of at least 4 members (excludes halogenated alkanes) is 1. The molecule has 1 heterocycles. The highest BCUT2D eigenvalue weighted by Gasteiger charge is 2.22. The van der Waals surface area contributed by atoms with Gasteiger partial charge in [0.1, 0.15) is 0 Å². The molecular formula is C15H31IN4O. The van der Waals surface area contributed by atoms with Crippen LogP contribution in [0.4, 0.5) is 0 Å². The topological polar surface area (TPSA) is 56.7 Å². The minimum atomic E-state index is 0. The van der Waals surface area contributed by atoms with Crippen LogP contribution in [0.2, 0.25) is 0 Å². The first kappa shape index (κ1) is 20.5. The van der Waals surface area contributed by atoms with Gasteiger partial charge in [0, 0.05) is 39.6 Å². The largest absolute Gasteiger partial charge is 0.359 e. The number of hydrogen-bond acceptors (Lipinski definition) is 2. The monoisotopic (exact) mass is 410 g/mol. The fourth-order valence-electron chi connectivity index (χ4n) is 2.48. The van der Waals surface area contributed by atoms with Crippen molar-refractivity contribution in [2.75, 3.05) is 33.2 Å². The number of piperidine rings is 1. The Hall–Kier alpha value is -0.530. The Morgan fingerprint density at radius 1 is 1.29 bits per heavy atom. The van der Waals surface area contributed by atoms with Gasteiger partial charge in [-0.15, -0.1) is 24.0 Å². The molecule has 1 saturated heterocycles. The van der Waals surface area contributed by atoms with E-state index in [0.29, 0.717) is 12.3 Å². The summed E-state index contributed by atoms with van der Waals surface area (Å²) in [7, 11) is 1.71. The average molecular weight is 410 g/mol. The quantitative estimate of drug-likeness (QED) is 0.306. The molecular weight excluding hydrogens is 379 g/mol. The van der Waals surface area contributed by atoms with E-state index in [9.17, 15) is 4.79 Å². The molecule has 1 aliphatic rings. The lowest BCUT2D eigenvalue weighted by atomic mass is 9.93. The Bertz CT molecular complexity index is 315. The number of amides is 1. The third kappa shape index (κ3) is 7.87. The number of aliphatic imine (C=N–C) groups is 1. The second-order valence-electron chi connectivity index (χ2n) is 5.40. The van der Waals surface area contributed by atoms with Gasteiger partial charge in [0.05, 0.1) is 0 Å². The second kappa shape index (κ2) is 12.1. The van der Waals surface area contributed by atoms with E-state index in [1.807, 2.05) is 0 Å². The maximum Gasteiger partial charge on any atom is 0.220 e. The van der Waals surface area contributed by atoms with Crippen molar-refractivity contribution in [1.29, 1.82) is 0 Å². The van der Waals surface area contributed by atoms with Crippen LogP contribution in [-0.2, 0) is 4.79 Å². The highest BCUT2D eigenvalue weighted by molar-refractivity contribution is 14.0. The second-order valence-corrected chi connectivity index (χ2v) is 5.40. The van der Waals surface area contributed by atoms with E-state index in [1.165, 1.54) is 6.42 Å². The van der Waals surface area contributed by atoms with E-state index >= 15 is 0 Å². The Morgan fingerprint density at radius 3 is 2.48 bits per heavy atom. The lowest BCUT2D eigenvalue weighted by molar-refractivity contribution is -0.121. The van der Waals surface area contributed by atoms with Gasteiger partial charge in [-0.3, -0.25) is 9.79 Å². The molecule has 124 valence electrons. The van der Waals surface area contributed by atoms with Crippen molar-refractivity contribution in [3.05, 3.63) is 0 Å². The maximum atomic E-state index is 11.4. The van der Waals surface area contributed by atoms with Crippen molar-refractivity contribution in [3.63, 3.8) is 0 Å². The van der Waals surface area contributed by atoms with Crippen molar-refractivity contribution in [1.82, 2.24) is 15.5 Å². The van der Waals surface area contributed by atoms with Gasteiger partial charge >= 0.3 is 0 Å². The highest BCUT2D eigenvalue weighted by atomic mass is 127. The molecule has 0 aromatic carbocycles. The Kier molecular flexibility index (Phi) is 11.8. The van der Waals surface area contributed by atoms with Crippen LogP contribution in [0.1, 0.15) is 46.0 Å².